The molecule has 1 aromatic carbocycles. The molecule has 0 bridgehead atoms. The van der Waals surface area contributed by atoms with Gasteiger partial charge in [-0.05, 0) is 24.8 Å². The molecule has 0 radical (unpaired) electrons. The fourth-order valence-electron chi connectivity index (χ4n) is 3.61. The molecule has 0 aliphatic carbocycles. The highest BCUT2D eigenvalue weighted by molar-refractivity contribution is 6.02. The number of hydrogen-bond acceptors (Lipinski definition) is 3. The van der Waals surface area contributed by atoms with Gasteiger partial charge in [-0.1, -0.05) is 37.3 Å². The fraction of sp³-hybridized carbons (Fsp3) is 0.500. The Balaban J connectivity index is 1.62. The van der Waals surface area contributed by atoms with Gasteiger partial charge >= 0.3 is 6.03 Å². The van der Waals surface area contributed by atoms with E-state index >= 15 is 0 Å². The van der Waals surface area contributed by atoms with Gasteiger partial charge < -0.3 is 10.2 Å². The van der Waals surface area contributed by atoms with Gasteiger partial charge in [0.15, 0.2) is 0 Å². The van der Waals surface area contributed by atoms with Crippen molar-refractivity contribution in [1.82, 2.24) is 15.1 Å². The minimum atomic E-state index is -0.305. The molecule has 0 spiro atoms. The summed E-state index contributed by atoms with van der Waals surface area (Å²) in [5, 5.41) is 2.56. The first-order chi connectivity index (χ1) is 11.6. The van der Waals surface area contributed by atoms with Gasteiger partial charge in [-0.3, -0.25) is 14.5 Å². The Morgan fingerprint density at radius 1 is 1.21 bits per heavy atom. The molecule has 2 fully saturated rings. The van der Waals surface area contributed by atoms with Crippen LogP contribution < -0.4 is 5.32 Å². The fourth-order valence-corrected chi connectivity index (χ4v) is 3.61. The van der Waals surface area contributed by atoms with Crippen molar-refractivity contribution in [3.8, 4) is 0 Å². The number of benzene rings is 1. The maximum atomic E-state index is 12.9. The Hall–Kier alpha value is -2.37. The largest absolute Gasteiger partial charge is 0.342 e. The van der Waals surface area contributed by atoms with Gasteiger partial charge in [0.05, 0.1) is 12.5 Å². The van der Waals surface area contributed by atoms with E-state index in [0.29, 0.717) is 25.9 Å². The minimum absolute atomic E-state index is 0.0872. The number of carbonyl (C=O) groups excluding carboxylic acids is 3. The monoisotopic (exact) mass is 329 g/mol. The molecule has 0 saturated carbocycles. The average molecular weight is 329 g/mol. The number of nitrogens with zero attached hydrogens (tertiary/aromatic N) is 2. The number of rotatable bonds is 4. The van der Waals surface area contributed by atoms with E-state index in [-0.39, 0.29) is 36.3 Å². The quantitative estimate of drug-likeness (QED) is 0.855. The predicted molar refractivity (Wildman–Crippen MR) is 89.3 cm³/mol. The third kappa shape index (κ3) is 3.13. The topological polar surface area (TPSA) is 69.7 Å². The molecule has 2 saturated heterocycles. The molecule has 4 amide bonds. The number of piperidine rings is 1. The van der Waals surface area contributed by atoms with Gasteiger partial charge in [-0.15, -0.1) is 0 Å². The van der Waals surface area contributed by atoms with Crippen molar-refractivity contribution in [2.45, 2.75) is 38.1 Å². The highest BCUT2D eigenvalue weighted by atomic mass is 16.2. The molecule has 1 N–H and O–H groups in total. The maximum Gasteiger partial charge on any atom is 0.324 e. The second-order valence-corrected chi connectivity index (χ2v) is 6.35. The standard InChI is InChI=1S/C18H23N3O3/c1-2-15(13-6-4-3-5-7-13)17(23)20-10-8-14(9-11-20)21-16(22)12-19-18(21)24/h3-7,14-15H,2,8-12H2,1H3,(H,19,24). The predicted octanol–water partition coefficient (Wildman–Crippen LogP) is 1.72. The second-order valence-electron chi connectivity index (χ2n) is 6.35. The highest BCUT2D eigenvalue weighted by Gasteiger charge is 2.37. The number of likely N-dealkylation sites (tertiary alicyclic amines) is 1. The molecule has 2 heterocycles. The Labute approximate surface area is 141 Å². The third-order valence-electron chi connectivity index (χ3n) is 4.93. The van der Waals surface area contributed by atoms with Crippen molar-refractivity contribution in [2.75, 3.05) is 19.6 Å². The molecular weight excluding hydrogens is 306 g/mol. The zero-order valence-electron chi connectivity index (χ0n) is 13.9. The number of nitrogens with one attached hydrogen (secondary N) is 1. The van der Waals surface area contributed by atoms with Crippen LogP contribution in [0.2, 0.25) is 0 Å². The van der Waals surface area contributed by atoms with E-state index in [2.05, 4.69) is 5.32 Å². The van der Waals surface area contributed by atoms with Crippen LogP contribution in [0.4, 0.5) is 4.79 Å². The van der Waals surface area contributed by atoms with Crippen LogP contribution in [0.5, 0.6) is 0 Å². The molecule has 24 heavy (non-hydrogen) atoms. The van der Waals surface area contributed by atoms with Gasteiger partial charge in [0, 0.05) is 19.1 Å². The summed E-state index contributed by atoms with van der Waals surface area (Å²) >= 11 is 0. The van der Waals surface area contributed by atoms with Crippen molar-refractivity contribution < 1.29 is 14.4 Å². The van der Waals surface area contributed by atoms with E-state index in [1.165, 1.54) is 4.90 Å². The molecular formula is C18H23N3O3. The Morgan fingerprint density at radius 2 is 1.88 bits per heavy atom. The van der Waals surface area contributed by atoms with Crippen LogP contribution in [0.25, 0.3) is 0 Å². The third-order valence-corrected chi connectivity index (χ3v) is 4.93. The number of urea groups is 1. The summed E-state index contributed by atoms with van der Waals surface area (Å²) in [6.07, 6.45) is 2.06. The molecule has 6 heteroatoms. The van der Waals surface area contributed by atoms with E-state index in [1.807, 2.05) is 42.2 Å². The summed E-state index contributed by atoms with van der Waals surface area (Å²) in [7, 11) is 0. The number of hydrogen-bond donors (Lipinski definition) is 1. The molecule has 1 aromatic rings. The zero-order valence-corrected chi connectivity index (χ0v) is 13.9. The zero-order chi connectivity index (χ0) is 17.1. The number of amides is 4. The van der Waals surface area contributed by atoms with Crippen molar-refractivity contribution in [1.29, 1.82) is 0 Å². The van der Waals surface area contributed by atoms with Crippen LogP contribution in [0.3, 0.4) is 0 Å². The Kier molecular flexibility index (Phi) is 4.83. The van der Waals surface area contributed by atoms with Crippen molar-refractivity contribution >= 4 is 17.8 Å². The second kappa shape index (κ2) is 7.03. The van der Waals surface area contributed by atoms with Crippen LogP contribution in [0, 0.1) is 0 Å². The van der Waals surface area contributed by atoms with E-state index in [1.54, 1.807) is 0 Å². The lowest BCUT2D eigenvalue weighted by atomic mass is 9.93. The first kappa shape index (κ1) is 16.5. The lowest BCUT2D eigenvalue weighted by Gasteiger charge is -2.36. The average Bonchev–Trinajstić information content (AvgIpc) is 2.95. The van der Waals surface area contributed by atoms with E-state index < -0.39 is 0 Å². The molecule has 128 valence electrons. The maximum absolute atomic E-state index is 12.9. The normalized spacial score (nSPS) is 20.2. The minimum Gasteiger partial charge on any atom is -0.342 e. The molecule has 1 atom stereocenters. The molecule has 6 nitrogen and oxygen atoms in total. The van der Waals surface area contributed by atoms with E-state index in [0.717, 1.165) is 12.0 Å². The summed E-state index contributed by atoms with van der Waals surface area (Å²) < 4.78 is 0. The van der Waals surface area contributed by atoms with Gasteiger partial charge in [0.2, 0.25) is 11.8 Å². The van der Waals surface area contributed by atoms with Gasteiger partial charge in [0.1, 0.15) is 0 Å². The van der Waals surface area contributed by atoms with Crippen molar-refractivity contribution in [2.24, 2.45) is 0 Å². The molecule has 2 aliphatic heterocycles. The first-order valence-corrected chi connectivity index (χ1v) is 8.55. The lowest BCUT2D eigenvalue weighted by molar-refractivity contribution is -0.135. The SMILES string of the molecule is CCC(C(=O)N1CCC(N2C(=O)CNC2=O)CC1)c1ccccc1. The number of carbonyl (C=O) groups is 3. The van der Waals surface area contributed by atoms with E-state index in [4.69, 9.17) is 0 Å². The van der Waals surface area contributed by atoms with Crippen LogP contribution in [-0.2, 0) is 9.59 Å². The summed E-state index contributed by atoms with van der Waals surface area (Å²) in [6, 6.07) is 9.44. The van der Waals surface area contributed by atoms with Gasteiger partial charge in [-0.25, -0.2) is 4.79 Å². The highest BCUT2D eigenvalue weighted by Crippen LogP contribution is 2.25. The van der Waals surface area contributed by atoms with Crippen LogP contribution in [0.15, 0.2) is 30.3 Å². The Morgan fingerprint density at radius 3 is 2.42 bits per heavy atom. The van der Waals surface area contributed by atoms with Crippen LogP contribution >= 0.6 is 0 Å². The van der Waals surface area contributed by atoms with Crippen molar-refractivity contribution in [3.05, 3.63) is 35.9 Å². The Bertz CT molecular complexity index is 608. The molecule has 0 aromatic heterocycles. The summed E-state index contributed by atoms with van der Waals surface area (Å²) in [5.41, 5.74) is 1.04. The van der Waals surface area contributed by atoms with Gasteiger partial charge in [-0.2, -0.15) is 0 Å². The first-order valence-electron chi connectivity index (χ1n) is 8.55. The smallest absolute Gasteiger partial charge is 0.324 e. The summed E-state index contributed by atoms with van der Waals surface area (Å²) in [5.74, 6) is -0.153. The van der Waals surface area contributed by atoms with Crippen LogP contribution in [-0.4, -0.2) is 53.3 Å². The van der Waals surface area contributed by atoms with Gasteiger partial charge in [0.25, 0.3) is 0 Å². The summed E-state index contributed by atoms with van der Waals surface area (Å²) in [4.78, 5) is 39.6. The molecule has 2 aliphatic rings. The molecule has 1 unspecified atom stereocenters. The summed E-state index contributed by atoms with van der Waals surface area (Å²) in [6.45, 7) is 3.28. The number of imide groups is 1. The van der Waals surface area contributed by atoms with Crippen molar-refractivity contribution in [3.63, 3.8) is 0 Å². The van der Waals surface area contributed by atoms with E-state index in [9.17, 15) is 14.4 Å². The van der Waals surface area contributed by atoms with Crippen LogP contribution in [0.1, 0.15) is 37.7 Å². The molecule has 3 rings (SSSR count). The lowest BCUT2D eigenvalue weighted by Crippen LogP contribution is -2.49.